The van der Waals surface area contributed by atoms with Crippen molar-refractivity contribution < 1.29 is 4.79 Å². The molecule has 0 atom stereocenters. The molecule has 1 amide bonds. The van der Waals surface area contributed by atoms with Crippen LogP contribution in [0.4, 0.5) is 0 Å². The molecule has 6 heteroatoms. The zero-order chi connectivity index (χ0) is 14.2. The fraction of sp³-hybridized carbons (Fsp3) is 0.308. The summed E-state index contributed by atoms with van der Waals surface area (Å²) >= 11 is 3.49. The summed E-state index contributed by atoms with van der Waals surface area (Å²) in [5, 5.41) is 4.44. The number of hydrogen-bond donors (Lipinski definition) is 0. The van der Waals surface area contributed by atoms with Crippen LogP contribution >= 0.6 is 15.9 Å². The Morgan fingerprint density at radius 3 is 2.58 bits per heavy atom. The van der Waals surface area contributed by atoms with Crippen molar-refractivity contribution in [3.8, 4) is 5.69 Å². The quantitative estimate of drug-likeness (QED) is 0.852. The maximum Gasteiger partial charge on any atom is 0.272 e. The number of rotatable bonds is 2. The van der Waals surface area contributed by atoms with Crippen LogP contribution in [0.3, 0.4) is 0 Å². The fourth-order valence-corrected chi connectivity index (χ4v) is 2.02. The molecule has 0 N–H and O–H groups in total. The molecule has 0 aliphatic heterocycles. The molecule has 0 aliphatic rings. The van der Waals surface area contributed by atoms with E-state index >= 15 is 0 Å². The summed E-state index contributed by atoms with van der Waals surface area (Å²) in [5.41, 5.74) is 3.14. The molecule has 2 heterocycles. The van der Waals surface area contributed by atoms with Crippen molar-refractivity contribution in [1.29, 1.82) is 0 Å². The van der Waals surface area contributed by atoms with E-state index in [2.05, 4.69) is 26.0 Å². The van der Waals surface area contributed by atoms with E-state index in [0.29, 0.717) is 5.69 Å². The molecule has 0 unspecified atom stereocenters. The first-order valence-corrected chi connectivity index (χ1v) is 6.61. The SMILES string of the molecule is Cc1nn(-c2ccnc(C(=O)N(C)C)c2)c(C)c1Br. The van der Waals surface area contributed by atoms with Gasteiger partial charge in [-0.1, -0.05) is 0 Å². The summed E-state index contributed by atoms with van der Waals surface area (Å²) in [6, 6.07) is 3.58. The van der Waals surface area contributed by atoms with Gasteiger partial charge in [-0.15, -0.1) is 0 Å². The predicted octanol–water partition coefficient (Wildman–Crippen LogP) is 2.35. The number of aryl methyl sites for hydroxylation is 1. The zero-order valence-corrected chi connectivity index (χ0v) is 12.9. The molecule has 0 fully saturated rings. The molecule has 0 saturated carbocycles. The first-order chi connectivity index (χ1) is 8.91. The van der Waals surface area contributed by atoms with Gasteiger partial charge in [0.15, 0.2) is 0 Å². The lowest BCUT2D eigenvalue weighted by Gasteiger charge is -2.10. The number of carbonyl (C=O) groups is 1. The van der Waals surface area contributed by atoms with Crippen LogP contribution in [-0.2, 0) is 0 Å². The summed E-state index contributed by atoms with van der Waals surface area (Å²) < 4.78 is 2.78. The Hall–Kier alpha value is -1.69. The highest BCUT2D eigenvalue weighted by atomic mass is 79.9. The standard InChI is InChI=1S/C13H15BrN4O/c1-8-12(14)9(2)18(16-8)10-5-6-15-11(7-10)13(19)17(3)4/h5-7H,1-4H3. The topological polar surface area (TPSA) is 51.0 Å². The maximum absolute atomic E-state index is 11.9. The molecular formula is C13H15BrN4O. The number of pyridine rings is 1. The van der Waals surface area contributed by atoms with Gasteiger partial charge < -0.3 is 4.90 Å². The molecule has 2 rings (SSSR count). The molecule has 0 saturated heterocycles. The number of halogens is 1. The molecule has 0 spiro atoms. The van der Waals surface area contributed by atoms with Crippen LogP contribution in [0.5, 0.6) is 0 Å². The molecule has 0 aliphatic carbocycles. The van der Waals surface area contributed by atoms with E-state index in [-0.39, 0.29) is 5.91 Å². The van der Waals surface area contributed by atoms with E-state index in [1.807, 2.05) is 19.9 Å². The Bertz CT molecular complexity index is 634. The van der Waals surface area contributed by atoms with Gasteiger partial charge in [0.1, 0.15) is 5.69 Å². The highest BCUT2D eigenvalue weighted by Crippen LogP contribution is 2.23. The van der Waals surface area contributed by atoms with Crippen LogP contribution in [0.2, 0.25) is 0 Å². The molecule has 19 heavy (non-hydrogen) atoms. The third-order valence-corrected chi connectivity index (χ3v) is 3.96. The van der Waals surface area contributed by atoms with Gasteiger partial charge in [-0.25, -0.2) is 4.68 Å². The van der Waals surface area contributed by atoms with Crippen molar-refractivity contribution in [2.45, 2.75) is 13.8 Å². The van der Waals surface area contributed by atoms with Crippen LogP contribution < -0.4 is 0 Å². The average molecular weight is 323 g/mol. The van der Waals surface area contributed by atoms with Crippen LogP contribution in [-0.4, -0.2) is 39.7 Å². The lowest BCUT2D eigenvalue weighted by Crippen LogP contribution is -2.23. The predicted molar refractivity (Wildman–Crippen MR) is 76.6 cm³/mol. The second kappa shape index (κ2) is 5.13. The second-order valence-electron chi connectivity index (χ2n) is 4.50. The molecule has 2 aromatic rings. The molecule has 0 bridgehead atoms. The largest absolute Gasteiger partial charge is 0.343 e. The summed E-state index contributed by atoms with van der Waals surface area (Å²) in [4.78, 5) is 17.5. The van der Waals surface area contributed by atoms with Gasteiger partial charge in [0.2, 0.25) is 0 Å². The van der Waals surface area contributed by atoms with E-state index in [4.69, 9.17) is 0 Å². The Labute approximate surface area is 120 Å². The average Bonchev–Trinajstić information content (AvgIpc) is 2.65. The smallest absolute Gasteiger partial charge is 0.272 e. The Morgan fingerprint density at radius 1 is 1.37 bits per heavy atom. The molecule has 0 aromatic carbocycles. The third kappa shape index (κ3) is 2.53. The lowest BCUT2D eigenvalue weighted by molar-refractivity contribution is 0.0822. The summed E-state index contributed by atoms with van der Waals surface area (Å²) in [6.07, 6.45) is 1.62. The van der Waals surface area contributed by atoms with E-state index in [1.165, 1.54) is 4.90 Å². The second-order valence-corrected chi connectivity index (χ2v) is 5.29. The minimum atomic E-state index is -0.123. The molecule has 2 aromatic heterocycles. The highest BCUT2D eigenvalue weighted by molar-refractivity contribution is 9.10. The maximum atomic E-state index is 11.9. The third-order valence-electron chi connectivity index (χ3n) is 2.82. The zero-order valence-electron chi connectivity index (χ0n) is 11.3. The van der Waals surface area contributed by atoms with E-state index in [0.717, 1.165) is 21.5 Å². The molecule has 5 nitrogen and oxygen atoms in total. The van der Waals surface area contributed by atoms with Crippen LogP contribution in [0.25, 0.3) is 5.69 Å². The van der Waals surface area contributed by atoms with E-state index < -0.39 is 0 Å². The summed E-state index contributed by atoms with van der Waals surface area (Å²) in [7, 11) is 3.41. The van der Waals surface area contributed by atoms with Gasteiger partial charge in [-0.05, 0) is 41.9 Å². The first kappa shape index (κ1) is 13.7. The summed E-state index contributed by atoms with van der Waals surface area (Å²) in [6.45, 7) is 3.90. The van der Waals surface area contributed by atoms with Crippen LogP contribution in [0.1, 0.15) is 21.9 Å². The monoisotopic (exact) mass is 322 g/mol. The van der Waals surface area contributed by atoms with E-state index in [9.17, 15) is 4.79 Å². The van der Waals surface area contributed by atoms with Crippen molar-refractivity contribution in [3.05, 3.63) is 39.9 Å². The number of hydrogen-bond acceptors (Lipinski definition) is 3. The minimum Gasteiger partial charge on any atom is -0.343 e. The first-order valence-electron chi connectivity index (χ1n) is 5.81. The van der Waals surface area contributed by atoms with Crippen molar-refractivity contribution in [2.24, 2.45) is 0 Å². The Morgan fingerprint density at radius 2 is 2.05 bits per heavy atom. The normalized spacial score (nSPS) is 10.6. The minimum absolute atomic E-state index is 0.123. The van der Waals surface area contributed by atoms with Crippen molar-refractivity contribution >= 4 is 21.8 Å². The van der Waals surface area contributed by atoms with Gasteiger partial charge in [0, 0.05) is 20.3 Å². The number of carbonyl (C=O) groups excluding carboxylic acids is 1. The number of amides is 1. The molecular weight excluding hydrogens is 308 g/mol. The van der Waals surface area contributed by atoms with Crippen molar-refractivity contribution in [3.63, 3.8) is 0 Å². The van der Waals surface area contributed by atoms with Gasteiger partial charge in [-0.3, -0.25) is 9.78 Å². The van der Waals surface area contributed by atoms with Gasteiger partial charge >= 0.3 is 0 Å². The molecule has 0 radical (unpaired) electrons. The van der Waals surface area contributed by atoms with Gasteiger partial charge in [0.05, 0.1) is 21.5 Å². The van der Waals surface area contributed by atoms with Gasteiger partial charge in [-0.2, -0.15) is 5.10 Å². The fourth-order valence-electron chi connectivity index (χ4n) is 1.77. The number of aromatic nitrogens is 3. The lowest BCUT2D eigenvalue weighted by atomic mass is 10.3. The Balaban J connectivity index is 2.49. The van der Waals surface area contributed by atoms with Crippen molar-refractivity contribution in [2.75, 3.05) is 14.1 Å². The van der Waals surface area contributed by atoms with Gasteiger partial charge in [0.25, 0.3) is 5.91 Å². The van der Waals surface area contributed by atoms with Crippen LogP contribution in [0.15, 0.2) is 22.8 Å². The molecule has 100 valence electrons. The summed E-state index contributed by atoms with van der Waals surface area (Å²) in [5.74, 6) is -0.123. The van der Waals surface area contributed by atoms with E-state index in [1.54, 1.807) is 31.0 Å². The highest BCUT2D eigenvalue weighted by Gasteiger charge is 2.14. The Kier molecular flexibility index (Phi) is 3.71. The van der Waals surface area contributed by atoms with Crippen LogP contribution in [0, 0.1) is 13.8 Å². The van der Waals surface area contributed by atoms with Crippen molar-refractivity contribution in [1.82, 2.24) is 19.7 Å². The number of nitrogens with zero attached hydrogens (tertiary/aromatic N) is 4.